The maximum absolute atomic E-state index is 12.0. The molecule has 0 bridgehead atoms. The van der Waals surface area contributed by atoms with Gasteiger partial charge in [-0.15, -0.1) is 0 Å². The molecule has 0 radical (unpaired) electrons. The Morgan fingerprint density at radius 3 is 2.40 bits per heavy atom. The molecule has 0 aliphatic heterocycles. The van der Waals surface area contributed by atoms with Crippen LogP contribution in [0, 0.1) is 5.92 Å². The molecule has 1 unspecified atom stereocenters. The minimum absolute atomic E-state index is 0.0680. The molecule has 5 nitrogen and oxygen atoms in total. The second-order valence-electron chi connectivity index (χ2n) is 4.36. The van der Waals surface area contributed by atoms with Gasteiger partial charge in [0.1, 0.15) is 0 Å². The first-order valence-corrected chi connectivity index (χ1v) is 7.06. The Bertz CT molecular complexity index is 431. The van der Waals surface area contributed by atoms with Crippen LogP contribution in [-0.4, -0.2) is 25.7 Å². The van der Waals surface area contributed by atoms with Crippen molar-refractivity contribution >= 4 is 11.6 Å². The number of ether oxygens (including phenoxy) is 2. The first-order chi connectivity index (χ1) is 9.65. The van der Waals surface area contributed by atoms with E-state index in [1.54, 1.807) is 18.2 Å². The Balaban J connectivity index is 2.85. The maximum atomic E-state index is 12.0. The van der Waals surface area contributed by atoms with Gasteiger partial charge in [0.25, 0.3) is 0 Å². The van der Waals surface area contributed by atoms with Crippen molar-refractivity contribution in [3.8, 4) is 11.5 Å². The Kier molecular flexibility index (Phi) is 6.87. The molecule has 0 saturated heterocycles. The number of rotatable bonds is 8. The number of carbonyl (C=O) groups excluding carboxylic acids is 1. The molecule has 1 aromatic rings. The Morgan fingerprint density at radius 1 is 1.20 bits per heavy atom. The van der Waals surface area contributed by atoms with Gasteiger partial charge in [-0.1, -0.05) is 6.92 Å². The zero-order valence-corrected chi connectivity index (χ0v) is 12.4. The predicted molar refractivity (Wildman–Crippen MR) is 80.2 cm³/mol. The zero-order chi connectivity index (χ0) is 15.0. The predicted octanol–water partition coefficient (Wildman–Crippen LogP) is 2.41. The molecule has 0 heterocycles. The minimum Gasteiger partial charge on any atom is -0.490 e. The van der Waals surface area contributed by atoms with E-state index in [-0.39, 0.29) is 11.8 Å². The summed E-state index contributed by atoms with van der Waals surface area (Å²) in [7, 11) is 0. The average Bonchev–Trinajstić information content (AvgIpc) is 2.43. The summed E-state index contributed by atoms with van der Waals surface area (Å²) in [6, 6.07) is 5.37. The highest BCUT2D eigenvalue weighted by Crippen LogP contribution is 2.30. The van der Waals surface area contributed by atoms with Crippen LogP contribution >= 0.6 is 0 Å². The van der Waals surface area contributed by atoms with Crippen LogP contribution in [0.1, 0.15) is 27.2 Å². The van der Waals surface area contributed by atoms with Gasteiger partial charge in [0, 0.05) is 18.3 Å². The van der Waals surface area contributed by atoms with Gasteiger partial charge in [0.05, 0.1) is 19.1 Å². The number of benzene rings is 1. The van der Waals surface area contributed by atoms with Crippen molar-refractivity contribution in [1.29, 1.82) is 0 Å². The van der Waals surface area contributed by atoms with Crippen molar-refractivity contribution in [2.24, 2.45) is 11.7 Å². The SMILES string of the molecule is CCOc1ccc(NC(=O)C(CC)CN)cc1OCC. The van der Waals surface area contributed by atoms with Gasteiger partial charge >= 0.3 is 0 Å². The smallest absolute Gasteiger partial charge is 0.228 e. The Labute approximate surface area is 120 Å². The van der Waals surface area contributed by atoms with Gasteiger partial charge in [0.15, 0.2) is 11.5 Å². The summed E-state index contributed by atoms with van der Waals surface area (Å²) in [5.41, 5.74) is 6.26. The van der Waals surface area contributed by atoms with E-state index in [2.05, 4.69) is 5.32 Å². The van der Waals surface area contributed by atoms with E-state index in [0.29, 0.717) is 36.9 Å². The Morgan fingerprint density at radius 2 is 1.85 bits per heavy atom. The van der Waals surface area contributed by atoms with Gasteiger partial charge in [-0.2, -0.15) is 0 Å². The van der Waals surface area contributed by atoms with Crippen molar-refractivity contribution in [3.05, 3.63) is 18.2 Å². The molecule has 0 aliphatic carbocycles. The summed E-state index contributed by atoms with van der Waals surface area (Å²) in [5, 5.41) is 2.86. The second-order valence-corrected chi connectivity index (χ2v) is 4.36. The van der Waals surface area contributed by atoms with Crippen LogP contribution in [0.15, 0.2) is 18.2 Å². The number of amides is 1. The molecule has 0 aromatic heterocycles. The zero-order valence-electron chi connectivity index (χ0n) is 12.4. The van der Waals surface area contributed by atoms with Gasteiger partial charge in [0.2, 0.25) is 5.91 Å². The highest BCUT2D eigenvalue weighted by molar-refractivity contribution is 5.93. The summed E-state index contributed by atoms with van der Waals surface area (Å²) in [6.07, 6.45) is 0.720. The van der Waals surface area contributed by atoms with Crippen LogP contribution in [0.2, 0.25) is 0 Å². The lowest BCUT2D eigenvalue weighted by Crippen LogP contribution is -2.28. The quantitative estimate of drug-likeness (QED) is 0.767. The third kappa shape index (κ3) is 4.42. The van der Waals surface area contributed by atoms with Crippen LogP contribution in [0.25, 0.3) is 0 Å². The van der Waals surface area contributed by atoms with E-state index in [0.717, 1.165) is 6.42 Å². The molecule has 1 rings (SSSR count). The normalized spacial score (nSPS) is 11.8. The molecule has 0 fully saturated rings. The fraction of sp³-hybridized carbons (Fsp3) is 0.533. The van der Waals surface area contributed by atoms with Crippen molar-refractivity contribution in [1.82, 2.24) is 0 Å². The fourth-order valence-corrected chi connectivity index (χ4v) is 1.83. The summed E-state index contributed by atoms with van der Waals surface area (Å²) in [6.45, 7) is 7.22. The third-order valence-electron chi connectivity index (χ3n) is 2.96. The number of anilines is 1. The molecule has 1 atom stereocenters. The average molecular weight is 280 g/mol. The molecular weight excluding hydrogens is 256 g/mol. The van der Waals surface area contributed by atoms with E-state index in [4.69, 9.17) is 15.2 Å². The summed E-state index contributed by atoms with van der Waals surface area (Å²) >= 11 is 0. The number of nitrogens with two attached hydrogens (primary N) is 1. The van der Waals surface area contributed by atoms with E-state index < -0.39 is 0 Å². The van der Waals surface area contributed by atoms with E-state index in [1.165, 1.54) is 0 Å². The third-order valence-corrected chi connectivity index (χ3v) is 2.96. The summed E-state index contributed by atoms with van der Waals surface area (Å²) in [4.78, 5) is 12.0. The van der Waals surface area contributed by atoms with Crippen molar-refractivity contribution in [2.75, 3.05) is 25.1 Å². The summed E-state index contributed by atoms with van der Waals surface area (Å²) in [5.74, 6) is 1.07. The highest BCUT2D eigenvalue weighted by atomic mass is 16.5. The standard InChI is InChI=1S/C15H24N2O3/c1-4-11(10-16)15(18)17-12-7-8-13(19-5-2)14(9-12)20-6-3/h7-9,11H,4-6,10,16H2,1-3H3,(H,17,18). The molecule has 0 saturated carbocycles. The molecule has 5 heteroatoms. The molecule has 20 heavy (non-hydrogen) atoms. The van der Waals surface area contributed by atoms with Crippen LogP contribution < -0.4 is 20.5 Å². The Hall–Kier alpha value is -1.75. The van der Waals surface area contributed by atoms with Gasteiger partial charge < -0.3 is 20.5 Å². The lowest BCUT2D eigenvalue weighted by molar-refractivity contribution is -0.119. The highest BCUT2D eigenvalue weighted by Gasteiger charge is 2.15. The van der Waals surface area contributed by atoms with Crippen molar-refractivity contribution in [3.63, 3.8) is 0 Å². The largest absolute Gasteiger partial charge is 0.490 e. The molecular formula is C15H24N2O3. The molecule has 112 valence electrons. The first-order valence-electron chi connectivity index (χ1n) is 7.06. The monoisotopic (exact) mass is 280 g/mol. The van der Waals surface area contributed by atoms with Crippen LogP contribution in [-0.2, 0) is 4.79 Å². The van der Waals surface area contributed by atoms with Crippen molar-refractivity contribution < 1.29 is 14.3 Å². The topological polar surface area (TPSA) is 73.6 Å². The maximum Gasteiger partial charge on any atom is 0.228 e. The van der Waals surface area contributed by atoms with Gasteiger partial charge in [-0.25, -0.2) is 0 Å². The molecule has 1 aromatic carbocycles. The van der Waals surface area contributed by atoms with Crippen molar-refractivity contribution in [2.45, 2.75) is 27.2 Å². The van der Waals surface area contributed by atoms with E-state index in [9.17, 15) is 4.79 Å². The van der Waals surface area contributed by atoms with E-state index in [1.807, 2.05) is 20.8 Å². The van der Waals surface area contributed by atoms with Gasteiger partial charge in [-0.3, -0.25) is 4.79 Å². The number of nitrogens with one attached hydrogen (secondary N) is 1. The first kappa shape index (κ1) is 16.3. The molecule has 0 spiro atoms. The fourth-order valence-electron chi connectivity index (χ4n) is 1.83. The lowest BCUT2D eigenvalue weighted by atomic mass is 10.1. The minimum atomic E-state index is -0.169. The number of hydrogen-bond donors (Lipinski definition) is 2. The molecule has 3 N–H and O–H groups in total. The van der Waals surface area contributed by atoms with Crippen LogP contribution in [0.3, 0.4) is 0 Å². The summed E-state index contributed by atoms with van der Waals surface area (Å²) < 4.78 is 11.0. The van der Waals surface area contributed by atoms with E-state index >= 15 is 0 Å². The van der Waals surface area contributed by atoms with Crippen LogP contribution in [0.4, 0.5) is 5.69 Å². The second kappa shape index (κ2) is 8.43. The lowest BCUT2D eigenvalue weighted by Gasteiger charge is -2.15. The number of hydrogen-bond acceptors (Lipinski definition) is 4. The molecule has 1 amide bonds. The van der Waals surface area contributed by atoms with Gasteiger partial charge in [-0.05, 0) is 32.4 Å². The number of carbonyl (C=O) groups is 1. The van der Waals surface area contributed by atoms with Crippen LogP contribution in [0.5, 0.6) is 11.5 Å². The molecule has 0 aliphatic rings.